The van der Waals surface area contributed by atoms with Crippen LogP contribution in [0.5, 0.6) is 0 Å². The Morgan fingerprint density at radius 1 is 1.33 bits per heavy atom. The molecule has 0 bridgehead atoms. The summed E-state index contributed by atoms with van der Waals surface area (Å²) in [6, 6.07) is 5.72. The Hall–Kier alpha value is -0.450. The molecule has 0 heterocycles. The number of rotatable bonds is 6. The van der Waals surface area contributed by atoms with E-state index in [2.05, 4.69) is 34.7 Å². The van der Waals surface area contributed by atoms with Gasteiger partial charge in [0.05, 0.1) is 0 Å². The molecule has 0 spiro atoms. The van der Waals surface area contributed by atoms with Gasteiger partial charge in [-0.1, -0.05) is 48.7 Å². The van der Waals surface area contributed by atoms with Crippen LogP contribution in [0, 0.1) is 11.7 Å². The summed E-state index contributed by atoms with van der Waals surface area (Å²) in [5.41, 5.74) is 7.20. The molecule has 0 aromatic heterocycles. The van der Waals surface area contributed by atoms with Crippen molar-refractivity contribution < 1.29 is 4.39 Å². The van der Waals surface area contributed by atoms with E-state index >= 15 is 0 Å². The number of halogens is 2. The van der Waals surface area contributed by atoms with E-state index in [9.17, 15) is 4.39 Å². The fourth-order valence-electron chi connectivity index (χ4n) is 3.40. The minimum Gasteiger partial charge on any atom is -0.329 e. The molecule has 2 nitrogen and oxygen atoms in total. The van der Waals surface area contributed by atoms with E-state index in [0.29, 0.717) is 18.5 Å². The predicted octanol–water partition coefficient (Wildman–Crippen LogP) is 4.49. The van der Waals surface area contributed by atoms with Crippen LogP contribution in [0.2, 0.25) is 0 Å². The molecule has 1 aromatic rings. The molecule has 1 aliphatic rings. The number of nitrogens with two attached hydrogens (primary N) is 1. The Balaban J connectivity index is 2.29. The molecule has 1 fully saturated rings. The lowest BCUT2D eigenvalue weighted by Crippen LogP contribution is -2.42. The van der Waals surface area contributed by atoms with Crippen LogP contribution >= 0.6 is 15.9 Å². The second-order valence-corrected chi connectivity index (χ2v) is 7.30. The van der Waals surface area contributed by atoms with Crippen molar-refractivity contribution in [1.82, 2.24) is 4.90 Å². The van der Waals surface area contributed by atoms with Gasteiger partial charge in [0.25, 0.3) is 0 Å². The van der Waals surface area contributed by atoms with Crippen molar-refractivity contribution in [3.63, 3.8) is 0 Å². The van der Waals surface area contributed by atoms with Gasteiger partial charge in [-0.05, 0) is 36.5 Å². The predicted molar refractivity (Wildman–Crippen MR) is 89.7 cm³/mol. The third-order valence-electron chi connectivity index (χ3n) is 4.31. The summed E-state index contributed by atoms with van der Waals surface area (Å²) in [4.78, 5) is 2.55. The molecular weight excluding hydrogens is 331 g/mol. The van der Waals surface area contributed by atoms with Crippen molar-refractivity contribution in [3.05, 3.63) is 34.1 Å². The third kappa shape index (κ3) is 4.27. The van der Waals surface area contributed by atoms with Crippen molar-refractivity contribution in [3.8, 4) is 0 Å². The average molecular weight is 357 g/mol. The Bertz CT molecular complexity index is 458. The monoisotopic (exact) mass is 356 g/mol. The van der Waals surface area contributed by atoms with Crippen molar-refractivity contribution in [1.29, 1.82) is 0 Å². The highest BCUT2D eigenvalue weighted by Crippen LogP contribution is 2.34. The van der Waals surface area contributed by atoms with E-state index in [0.717, 1.165) is 16.6 Å². The van der Waals surface area contributed by atoms with E-state index in [1.54, 1.807) is 6.07 Å². The Morgan fingerprint density at radius 2 is 2.00 bits per heavy atom. The summed E-state index contributed by atoms with van der Waals surface area (Å²) >= 11 is 3.51. The van der Waals surface area contributed by atoms with Crippen LogP contribution in [-0.4, -0.2) is 24.0 Å². The maximum atomic E-state index is 13.4. The SMILES string of the molecule is CC(C)CN(C1CCCC1)C(CN)c1ccc(F)cc1Br. The van der Waals surface area contributed by atoms with Gasteiger partial charge in [0, 0.05) is 29.6 Å². The molecule has 1 aliphatic carbocycles. The number of hydrogen-bond acceptors (Lipinski definition) is 2. The van der Waals surface area contributed by atoms with Gasteiger partial charge in [-0.25, -0.2) is 4.39 Å². The van der Waals surface area contributed by atoms with Crippen LogP contribution in [0.15, 0.2) is 22.7 Å². The number of benzene rings is 1. The molecule has 1 aromatic carbocycles. The molecule has 0 saturated heterocycles. The van der Waals surface area contributed by atoms with Gasteiger partial charge in [-0.15, -0.1) is 0 Å². The van der Waals surface area contributed by atoms with Gasteiger partial charge >= 0.3 is 0 Å². The van der Waals surface area contributed by atoms with Crippen molar-refractivity contribution in [2.75, 3.05) is 13.1 Å². The highest BCUT2D eigenvalue weighted by Gasteiger charge is 2.30. The van der Waals surface area contributed by atoms with E-state index in [4.69, 9.17) is 5.73 Å². The highest BCUT2D eigenvalue weighted by atomic mass is 79.9. The topological polar surface area (TPSA) is 29.3 Å². The lowest BCUT2D eigenvalue weighted by Gasteiger charge is -2.38. The second kappa shape index (κ2) is 7.70. The largest absolute Gasteiger partial charge is 0.329 e. The van der Waals surface area contributed by atoms with E-state index < -0.39 is 0 Å². The molecule has 1 unspecified atom stereocenters. The molecule has 0 aliphatic heterocycles. The molecule has 1 saturated carbocycles. The average Bonchev–Trinajstić information content (AvgIpc) is 2.94. The molecule has 2 N–H and O–H groups in total. The zero-order chi connectivity index (χ0) is 15.4. The van der Waals surface area contributed by atoms with Gasteiger partial charge in [-0.3, -0.25) is 4.90 Å². The Labute approximate surface area is 136 Å². The first-order valence-electron chi connectivity index (χ1n) is 7.93. The van der Waals surface area contributed by atoms with Gasteiger partial charge in [0.2, 0.25) is 0 Å². The van der Waals surface area contributed by atoms with Crippen molar-refractivity contribution in [2.45, 2.75) is 51.6 Å². The minimum atomic E-state index is -0.210. The summed E-state index contributed by atoms with van der Waals surface area (Å²) in [6.45, 7) is 6.09. The molecule has 0 amide bonds. The van der Waals surface area contributed by atoms with Gasteiger partial charge in [0.1, 0.15) is 5.82 Å². The summed E-state index contributed by atoms with van der Waals surface area (Å²) in [5, 5.41) is 0. The smallest absolute Gasteiger partial charge is 0.124 e. The normalized spacial score (nSPS) is 17.9. The van der Waals surface area contributed by atoms with Crippen LogP contribution in [0.1, 0.15) is 51.1 Å². The van der Waals surface area contributed by atoms with Gasteiger partial charge < -0.3 is 5.73 Å². The first kappa shape index (κ1) is 16.9. The lowest BCUT2D eigenvalue weighted by molar-refractivity contribution is 0.121. The van der Waals surface area contributed by atoms with Crippen LogP contribution in [0.3, 0.4) is 0 Å². The summed E-state index contributed by atoms with van der Waals surface area (Å²) in [7, 11) is 0. The molecule has 118 valence electrons. The van der Waals surface area contributed by atoms with Crippen LogP contribution in [-0.2, 0) is 0 Å². The molecule has 4 heteroatoms. The quantitative estimate of drug-likeness (QED) is 0.813. The fourth-order valence-corrected chi connectivity index (χ4v) is 4.02. The highest BCUT2D eigenvalue weighted by molar-refractivity contribution is 9.10. The van der Waals surface area contributed by atoms with Crippen LogP contribution in [0.25, 0.3) is 0 Å². The van der Waals surface area contributed by atoms with Gasteiger partial charge in [-0.2, -0.15) is 0 Å². The van der Waals surface area contributed by atoms with Crippen molar-refractivity contribution in [2.24, 2.45) is 11.7 Å². The minimum absolute atomic E-state index is 0.158. The van der Waals surface area contributed by atoms with E-state index in [-0.39, 0.29) is 11.9 Å². The lowest BCUT2D eigenvalue weighted by atomic mass is 10.0. The Morgan fingerprint density at radius 3 is 2.52 bits per heavy atom. The third-order valence-corrected chi connectivity index (χ3v) is 5.00. The van der Waals surface area contributed by atoms with E-state index in [1.165, 1.54) is 31.7 Å². The second-order valence-electron chi connectivity index (χ2n) is 6.45. The van der Waals surface area contributed by atoms with Gasteiger partial charge in [0.15, 0.2) is 0 Å². The first-order chi connectivity index (χ1) is 10.0. The van der Waals surface area contributed by atoms with E-state index in [1.807, 2.05) is 6.07 Å². The molecule has 0 radical (unpaired) electrons. The molecular formula is C17H26BrFN2. The van der Waals surface area contributed by atoms with Crippen molar-refractivity contribution >= 4 is 15.9 Å². The molecule has 21 heavy (non-hydrogen) atoms. The molecule has 1 atom stereocenters. The van der Waals surface area contributed by atoms with Crippen LogP contribution < -0.4 is 5.73 Å². The zero-order valence-electron chi connectivity index (χ0n) is 13.0. The number of nitrogens with zero attached hydrogens (tertiary/aromatic N) is 1. The summed E-state index contributed by atoms with van der Waals surface area (Å²) in [5.74, 6) is 0.386. The standard InChI is InChI=1S/C17H26BrFN2/c1-12(2)11-21(14-5-3-4-6-14)17(10-20)15-8-7-13(19)9-16(15)18/h7-9,12,14,17H,3-6,10-11,20H2,1-2H3. The first-order valence-corrected chi connectivity index (χ1v) is 8.73. The maximum Gasteiger partial charge on any atom is 0.124 e. The summed E-state index contributed by atoms with van der Waals surface area (Å²) < 4.78 is 14.2. The molecule has 2 rings (SSSR count). The Kier molecular flexibility index (Phi) is 6.20. The van der Waals surface area contributed by atoms with Crippen LogP contribution in [0.4, 0.5) is 4.39 Å². The maximum absolute atomic E-state index is 13.4. The zero-order valence-corrected chi connectivity index (χ0v) is 14.6. The number of hydrogen-bond donors (Lipinski definition) is 1. The summed E-state index contributed by atoms with van der Waals surface area (Å²) in [6.07, 6.45) is 5.12. The fraction of sp³-hybridized carbons (Fsp3) is 0.647.